The summed E-state index contributed by atoms with van der Waals surface area (Å²) in [6, 6.07) is 9.58. The van der Waals surface area contributed by atoms with E-state index in [0.717, 1.165) is 69.4 Å². The Bertz CT molecular complexity index is 1240. The molecule has 1 aliphatic heterocycles. The molecule has 4 atom stereocenters. The first kappa shape index (κ1) is 32.8. The van der Waals surface area contributed by atoms with E-state index in [1.54, 1.807) is 17.0 Å². The monoisotopic (exact) mass is 603 g/mol. The van der Waals surface area contributed by atoms with Crippen LogP contribution in [0.4, 0.5) is 18.0 Å². The fourth-order valence-corrected chi connectivity index (χ4v) is 6.68. The van der Waals surface area contributed by atoms with Crippen LogP contribution in [0, 0.1) is 29.3 Å². The van der Waals surface area contributed by atoms with Crippen LogP contribution in [0.3, 0.4) is 0 Å². The highest BCUT2D eigenvalue weighted by Crippen LogP contribution is 2.41. The van der Waals surface area contributed by atoms with E-state index in [2.05, 4.69) is 10.2 Å². The minimum Gasteiger partial charge on any atom is -0.480 e. The summed E-state index contributed by atoms with van der Waals surface area (Å²) in [4.78, 5) is 29.0. The van der Waals surface area contributed by atoms with Crippen LogP contribution >= 0.6 is 0 Å². The number of ether oxygens (including phenoxy) is 1. The maximum absolute atomic E-state index is 14.2. The number of hydrogen-bond acceptors (Lipinski definition) is 5. The normalized spacial score (nSPS) is 22.1. The Kier molecular flexibility index (Phi) is 11.5. The molecule has 2 N–H and O–H groups in total. The summed E-state index contributed by atoms with van der Waals surface area (Å²) in [7, 11) is 0. The molecule has 0 bridgehead atoms. The molecular weight excluding hydrogens is 559 g/mol. The Balaban J connectivity index is 1.37. The number of halogens is 3. The van der Waals surface area contributed by atoms with E-state index in [4.69, 9.17) is 4.74 Å². The number of nitrogens with zero attached hydrogens (tertiary/aromatic N) is 2. The van der Waals surface area contributed by atoms with Gasteiger partial charge in [0.25, 0.3) is 0 Å². The van der Waals surface area contributed by atoms with Gasteiger partial charge in [0.15, 0.2) is 11.6 Å². The Morgan fingerprint density at radius 2 is 1.81 bits per heavy atom. The van der Waals surface area contributed by atoms with Crippen molar-refractivity contribution < 1.29 is 32.6 Å². The van der Waals surface area contributed by atoms with Crippen molar-refractivity contribution in [3.63, 3.8) is 0 Å². The van der Waals surface area contributed by atoms with Gasteiger partial charge in [-0.05, 0) is 85.3 Å². The van der Waals surface area contributed by atoms with Gasteiger partial charge in [-0.3, -0.25) is 4.79 Å². The molecule has 2 aliphatic rings. The van der Waals surface area contributed by atoms with Crippen molar-refractivity contribution in [3.05, 3.63) is 71.0 Å². The molecule has 1 heterocycles. The van der Waals surface area contributed by atoms with E-state index in [1.165, 1.54) is 12.1 Å². The third-order valence-electron chi connectivity index (χ3n) is 8.86. The number of hydrogen-bond donors (Lipinski definition) is 2. The first-order chi connectivity index (χ1) is 20.5. The van der Waals surface area contributed by atoms with E-state index in [0.29, 0.717) is 12.1 Å². The van der Waals surface area contributed by atoms with E-state index in [-0.39, 0.29) is 42.3 Å². The van der Waals surface area contributed by atoms with Crippen LogP contribution in [-0.2, 0) is 16.1 Å². The van der Waals surface area contributed by atoms with Gasteiger partial charge in [-0.25, -0.2) is 18.0 Å². The number of amides is 1. The van der Waals surface area contributed by atoms with Crippen LogP contribution in [-0.4, -0.2) is 71.3 Å². The van der Waals surface area contributed by atoms with Crippen molar-refractivity contribution in [1.29, 1.82) is 0 Å². The van der Waals surface area contributed by atoms with Gasteiger partial charge in [0.2, 0.25) is 0 Å². The second-order valence-electron chi connectivity index (χ2n) is 12.3. The number of carboxylic acid groups (broad SMARTS) is 1. The van der Waals surface area contributed by atoms with Crippen LogP contribution in [0.2, 0.25) is 0 Å². The third-order valence-corrected chi connectivity index (χ3v) is 8.86. The highest BCUT2D eigenvalue weighted by atomic mass is 19.2. The SMILES string of the molecule is CCCN(C(=O)OCc1ccc(F)c(F)c1)C1CCN(CC2CC(NC(C(=O)O)C(C)C)CC2c2cccc(F)c2)CC1. The largest absolute Gasteiger partial charge is 0.480 e. The molecule has 236 valence electrons. The Morgan fingerprint density at radius 3 is 2.44 bits per heavy atom. The zero-order valence-electron chi connectivity index (χ0n) is 25.3. The lowest BCUT2D eigenvalue weighted by molar-refractivity contribution is -0.140. The van der Waals surface area contributed by atoms with Crippen LogP contribution in [0.25, 0.3) is 0 Å². The van der Waals surface area contributed by atoms with Crippen molar-refractivity contribution in [1.82, 2.24) is 15.1 Å². The quantitative estimate of drug-likeness (QED) is 0.302. The minimum atomic E-state index is -0.975. The van der Waals surface area contributed by atoms with Gasteiger partial charge in [0.1, 0.15) is 18.5 Å². The maximum atomic E-state index is 14.2. The summed E-state index contributed by atoms with van der Waals surface area (Å²) >= 11 is 0. The molecule has 0 spiro atoms. The average molecular weight is 604 g/mol. The predicted octanol–water partition coefficient (Wildman–Crippen LogP) is 6.18. The number of carbonyl (C=O) groups is 2. The second-order valence-corrected chi connectivity index (χ2v) is 12.3. The lowest BCUT2D eigenvalue weighted by Gasteiger charge is -2.39. The fourth-order valence-electron chi connectivity index (χ4n) is 6.68. The third kappa shape index (κ3) is 8.72. The van der Waals surface area contributed by atoms with E-state index < -0.39 is 29.7 Å². The molecule has 43 heavy (non-hydrogen) atoms. The van der Waals surface area contributed by atoms with E-state index in [1.807, 2.05) is 26.8 Å². The Labute approximate surface area is 252 Å². The van der Waals surface area contributed by atoms with Gasteiger partial charge in [0.05, 0.1) is 0 Å². The molecule has 7 nitrogen and oxygen atoms in total. The summed E-state index contributed by atoms with van der Waals surface area (Å²) in [5, 5.41) is 13.1. The minimum absolute atomic E-state index is 0.00744. The summed E-state index contributed by atoms with van der Waals surface area (Å²) in [5.74, 6) is -2.77. The molecule has 4 rings (SSSR count). The van der Waals surface area contributed by atoms with Gasteiger partial charge >= 0.3 is 12.1 Å². The van der Waals surface area contributed by atoms with E-state index >= 15 is 0 Å². The van der Waals surface area contributed by atoms with Gasteiger partial charge in [0, 0.05) is 38.3 Å². The van der Waals surface area contributed by atoms with Crippen LogP contribution < -0.4 is 5.32 Å². The number of piperidine rings is 1. The fraction of sp³-hybridized carbons (Fsp3) is 0.576. The van der Waals surface area contributed by atoms with Gasteiger partial charge in [-0.15, -0.1) is 0 Å². The van der Waals surface area contributed by atoms with Crippen molar-refractivity contribution in [2.75, 3.05) is 26.2 Å². The van der Waals surface area contributed by atoms with Gasteiger partial charge < -0.3 is 25.0 Å². The maximum Gasteiger partial charge on any atom is 0.410 e. The molecule has 1 saturated carbocycles. The molecular formula is C33H44F3N3O4. The van der Waals surface area contributed by atoms with Crippen molar-refractivity contribution in [3.8, 4) is 0 Å². The van der Waals surface area contributed by atoms with Crippen molar-refractivity contribution >= 4 is 12.1 Å². The molecule has 1 aliphatic carbocycles. The van der Waals surface area contributed by atoms with Crippen molar-refractivity contribution in [2.45, 2.75) is 83.5 Å². The van der Waals surface area contributed by atoms with Gasteiger partial charge in [-0.2, -0.15) is 0 Å². The second kappa shape index (κ2) is 15.1. The Morgan fingerprint density at radius 1 is 1.07 bits per heavy atom. The smallest absolute Gasteiger partial charge is 0.410 e. The zero-order valence-corrected chi connectivity index (χ0v) is 25.3. The molecule has 0 aromatic heterocycles. The predicted molar refractivity (Wildman–Crippen MR) is 158 cm³/mol. The first-order valence-electron chi connectivity index (χ1n) is 15.4. The number of nitrogens with one attached hydrogen (secondary N) is 1. The zero-order chi connectivity index (χ0) is 31.1. The van der Waals surface area contributed by atoms with Crippen molar-refractivity contribution in [2.24, 2.45) is 11.8 Å². The molecule has 0 radical (unpaired) electrons. The molecule has 2 aromatic rings. The van der Waals surface area contributed by atoms with Crippen LogP contribution in [0.15, 0.2) is 42.5 Å². The lowest BCUT2D eigenvalue weighted by atomic mass is 9.88. The number of likely N-dealkylation sites (tertiary alicyclic amines) is 1. The first-order valence-corrected chi connectivity index (χ1v) is 15.4. The summed E-state index contributed by atoms with van der Waals surface area (Å²) in [5.41, 5.74) is 1.33. The van der Waals surface area contributed by atoms with E-state index in [9.17, 15) is 27.9 Å². The van der Waals surface area contributed by atoms with Crippen LogP contribution in [0.1, 0.15) is 69.9 Å². The number of aliphatic carboxylic acids is 1. The standard InChI is InChI=1S/C33H44F3N3O4/c1-4-12-39(33(42)43-20-22-8-9-29(35)30(36)15-22)27-10-13-38(14-11-27)19-24-17-26(37-31(21(2)3)32(40)41)18-28(24)23-6-5-7-25(34)16-23/h5-9,15-16,21,24,26-28,31,37H,4,10-14,17-20H2,1-3H3,(H,40,41). The molecule has 1 saturated heterocycles. The summed E-state index contributed by atoms with van der Waals surface area (Å²) < 4.78 is 46.5. The molecule has 1 amide bonds. The number of benzene rings is 2. The number of rotatable bonds is 12. The topological polar surface area (TPSA) is 82.1 Å². The molecule has 2 fully saturated rings. The van der Waals surface area contributed by atoms with Gasteiger partial charge in [-0.1, -0.05) is 39.0 Å². The molecule has 2 aromatic carbocycles. The highest BCUT2D eigenvalue weighted by molar-refractivity contribution is 5.73. The average Bonchev–Trinajstić information content (AvgIpc) is 3.37. The van der Waals surface area contributed by atoms with Crippen LogP contribution in [0.5, 0.6) is 0 Å². The summed E-state index contributed by atoms with van der Waals surface area (Å²) in [6.45, 7) is 8.58. The summed E-state index contributed by atoms with van der Waals surface area (Å²) in [6.07, 6.45) is 3.39. The molecule has 10 heteroatoms. The lowest BCUT2D eigenvalue weighted by Crippen LogP contribution is -2.49. The number of carbonyl (C=O) groups excluding carboxylic acids is 1. The Hall–Kier alpha value is -3.11. The highest BCUT2D eigenvalue weighted by Gasteiger charge is 2.39. The molecule has 4 unspecified atom stereocenters. The number of carboxylic acids is 1.